The van der Waals surface area contributed by atoms with Crippen LogP contribution < -0.4 is 5.32 Å². The van der Waals surface area contributed by atoms with Crippen molar-refractivity contribution < 1.29 is 9.59 Å². The van der Waals surface area contributed by atoms with E-state index >= 15 is 0 Å². The van der Waals surface area contributed by atoms with Gasteiger partial charge in [-0.25, -0.2) is 0 Å². The van der Waals surface area contributed by atoms with Gasteiger partial charge in [0.05, 0.1) is 5.56 Å². The van der Waals surface area contributed by atoms with Crippen molar-refractivity contribution in [1.29, 1.82) is 0 Å². The van der Waals surface area contributed by atoms with Crippen molar-refractivity contribution in [2.24, 2.45) is 0 Å². The number of benzene rings is 1. The second-order valence-electron chi connectivity index (χ2n) is 5.45. The summed E-state index contributed by atoms with van der Waals surface area (Å²) in [7, 11) is 1.62. The number of hydrogen-bond donors (Lipinski definition) is 1. The van der Waals surface area contributed by atoms with Crippen LogP contribution in [0.5, 0.6) is 0 Å². The van der Waals surface area contributed by atoms with E-state index in [-0.39, 0.29) is 11.8 Å². The lowest BCUT2D eigenvalue weighted by Crippen LogP contribution is -2.32. The summed E-state index contributed by atoms with van der Waals surface area (Å²) < 4.78 is 0. The highest BCUT2D eigenvalue weighted by Gasteiger charge is 2.33. The zero-order valence-electron chi connectivity index (χ0n) is 12.4. The number of nitrogens with zero attached hydrogens (tertiary/aromatic N) is 1. The van der Waals surface area contributed by atoms with Gasteiger partial charge in [0.2, 0.25) is 0 Å². The van der Waals surface area contributed by atoms with E-state index in [0.29, 0.717) is 18.2 Å². The standard InChI is InChI=1S/C17H18N2O2S/c1-18-16(20)13-4-2-12(3-5-13)10-19(15-6-7-15)17(21)14-8-9-22-11-14/h2-5,8-9,11,15H,6-7,10H2,1H3,(H,18,20). The smallest absolute Gasteiger partial charge is 0.255 e. The Morgan fingerprint density at radius 2 is 1.91 bits per heavy atom. The predicted octanol–water partition coefficient (Wildman–Crippen LogP) is 2.91. The third-order valence-electron chi connectivity index (χ3n) is 3.81. The summed E-state index contributed by atoms with van der Waals surface area (Å²) in [6.45, 7) is 0.591. The van der Waals surface area contributed by atoms with Crippen LogP contribution in [0.1, 0.15) is 39.1 Å². The van der Waals surface area contributed by atoms with Gasteiger partial charge in [-0.3, -0.25) is 9.59 Å². The summed E-state index contributed by atoms with van der Waals surface area (Å²) in [6.07, 6.45) is 2.15. The molecule has 5 heteroatoms. The molecule has 0 radical (unpaired) electrons. The maximum Gasteiger partial charge on any atom is 0.255 e. The van der Waals surface area contributed by atoms with Crippen molar-refractivity contribution in [3.05, 3.63) is 57.8 Å². The number of amides is 2. The fourth-order valence-electron chi connectivity index (χ4n) is 2.41. The number of nitrogens with one attached hydrogen (secondary N) is 1. The molecule has 2 amide bonds. The van der Waals surface area contributed by atoms with Crippen molar-refractivity contribution in [3.63, 3.8) is 0 Å². The van der Waals surface area contributed by atoms with E-state index in [2.05, 4.69) is 5.32 Å². The van der Waals surface area contributed by atoms with Crippen molar-refractivity contribution in [2.45, 2.75) is 25.4 Å². The first-order chi connectivity index (χ1) is 10.7. The van der Waals surface area contributed by atoms with Crippen LogP contribution in [0, 0.1) is 0 Å². The molecule has 0 spiro atoms. The van der Waals surface area contributed by atoms with E-state index in [4.69, 9.17) is 0 Å². The van der Waals surface area contributed by atoms with Gasteiger partial charge in [-0.05, 0) is 42.0 Å². The van der Waals surface area contributed by atoms with Gasteiger partial charge in [0.15, 0.2) is 0 Å². The fraction of sp³-hybridized carbons (Fsp3) is 0.294. The van der Waals surface area contributed by atoms with Gasteiger partial charge < -0.3 is 10.2 Å². The SMILES string of the molecule is CNC(=O)c1ccc(CN(C(=O)c2ccsc2)C2CC2)cc1. The Morgan fingerprint density at radius 1 is 1.18 bits per heavy atom. The van der Waals surface area contributed by atoms with Crippen LogP contribution in [0.2, 0.25) is 0 Å². The van der Waals surface area contributed by atoms with E-state index in [1.54, 1.807) is 19.2 Å². The lowest BCUT2D eigenvalue weighted by molar-refractivity contribution is 0.0730. The predicted molar refractivity (Wildman–Crippen MR) is 87.0 cm³/mol. The molecule has 1 N–H and O–H groups in total. The Kier molecular flexibility index (Phi) is 4.24. The van der Waals surface area contributed by atoms with Crippen LogP contribution in [0.4, 0.5) is 0 Å². The summed E-state index contributed by atoms with van der Waals surface area (Å²) in [5.41, 5.74) is 2.44. The minimum Gasteiger partial charge on any atom is -0.355 e. The number of carbonyl (C=O) groups is 2. The first-order valence-corrected chi connectivity index (χ1v) is 8.27. The molecule has 1 fully saturated rings. The summed E-state index contributed by atoms with van der Waals surface area (Å²) in [5, 5.41) is 6.43. The average Bonchev–Trinajstić information content (AvgIpc) is 3.25. The van der Waals surface area contributed by atoms with Gasteiger partial charge in [-0.1, -0.05) is 12.1 Å². The van der Waals surface area contributed by atoms with Crippen LogP contribution in [0.25, 0.3) is 0 Å². The van der Waals surface area contributed by atoms with Crippen molar-refractivity contribution in [1.82, 2.24) is 10.2 Å². The first-order valence-electron chi connectivity index (χ1n) is 7.33. The zero-order valence-corrected chi connectivity index (χ0v) is 13.2. The molecule has 4 nitrogen and oxygen atoms in total. The van der Waals surface area contributed by atoms with E-state index < -0.39 is 0 Å². The first kappa shape index (κ1) is 14.8. The second kappa shape index (κ2) is 6.32. The highest BCUT2D eigenvalue weighted by molar-refractivity contribution is 7.08. The lowest BCUT2D eigenvalue weighted by atomic mass is 10.1. The third kappa shape index (κ3) is 3.20. The van der Waals surface area contributed by atoms with Gasteiger partial charge >= 0.3 is 0 Å². The minimum absolute atomic E-state index is 0.0964. The number of hydrogen-bond acceptors (Lipinski definition) is 3. The van der Waals surface area contributed by atoms with Crippen LogP contribution in [0.3, 0.4) is 0 Å². The molecular weight excluding hydrogens is 296 g/mol. The Balaban J connectivity index is 1.74. The summed E-state index contributed by atoms with van der Waals surface area (Å²) in [6, 6.07) is 9.66. The van der Waals surface area contributed by atoms with Gasteiger partial charge in [-0.2, -0.15) is 11.3 Å². The molecule has 0 saturated heterocycles. The zero-order chi connectivity index (χ0) is 15.5. The monoisotopic (exact) mass is 314 g/mol. The Morgan fingerprint density at radius 3 is 2.45 bits per heavy atom. The van der Waals surface area contributed by atoms with E-state index in [1.165, 1.54) is 11.3 Å². The van der Waals surface area contributed by atoms with Gasteiger partial charge in [0.1, 0.15) is 0 Å². The van der Waals surface area contributed by atoms with Crippen molar-refractivity contribution in [2.75, 3.05) is 7.05 Å². The topological polar surface area (TPSA) is 49.4 Å². The van der Waals surface area contributed by atoms with Crippen molar-refractivity contribution in [3.8, 4) is 0 Å². The summed E-state index contributed by atoms with van der Waals surface area (Å²) in [4.78, 5) is 26.1. The quantitative estimate of drug-likeness (QED) is 0.922. The maximum atomic E-state index is 12.6. The highest BCUT2D eigenvalue weighted by Crippen LogP contribution is 2.30. The largest absolute Gasteiger partial charge is 0.355 e. The highest BCUT2D eigenvalue weighted by atomic mass is 32.1. The molecule has 1 aromatic carbocycles. The molecule has 2 aromatic rings. The normalized spacial score (nSPS) is 13.7. The van der Waals surface area contributed by atoms with E-state index in [0.717, 1.165) is 24.0 Å². The third-order valence-corrected chi connectivity index (χ3v) is 4.50. The van der Waals surface area contributed by atoms with Gasteiger partial charge in [0, 0.05) is 30.6 Å². The molecule has 0 unspecified atom stereocenters. The minimum atomic E-state index is -0.0973. The molecule has 114 valence electrons. The van der Waals surface area contributed by atoms with Crippen LogP contribution >= 0.6 is 11.3 Å². The average molecular weight is 314 g/mol. The molecule has 22 heavy (non-hydrogen) atoms. The van der Waals surface area contributed by atoms with E-state index in [1.807, 2.05) is 33.9 Å². The molecule has 1 aliphatic carbocycles. The Labute approximate surface area is 133 Å². The molecule has 1 saturated carbocycles. The number of thiophene rings is 1. The molecule has 1 aliphatic rings. The van der Waals surface area contributed by atoms with Gasteiger partial charge in [-0.15, -0.1) is 0 Å². The molecular formula is C17H18N2O2S. The molecule has 3 rings (SSSR count). The Bertz CT molecular complexity index is 660. The molecule has 0 aliphatic heterocycles. The Hall–Kier alpha value is -2.14. The van der Waals surface area contributed by atoms with Crippen LogP contribution in [-0.2, 0) is 6.54 Å². The molecule has 0 atom stereocenters. The van der Waals surface area contributed by atoms with E-state index in [9.17, 15) is 9.59 Å². The van der Waals surface area contributed by atoms with Crippen LogP contribution in [-0.4, -0.2) is 29.8 Å². The molecule has 1 aromatic heterocycles. The molecule has 1 heterocycles. The number of rotatable bonds is 5. The van der Waals surface area contributed by atoms with Crippen LogP contribution in [0.15, 0.2) is 41.1 Å². The summed E-state index contributed by atoms with van der Waals surface area (Å²) >= 11 is 1.54. The van der Waals surface area contributed by atoms with Gasteiger partial charge in [0.25, 0.3) is 11.8 Å². The number of carbonyl (C=O) groups excluding carboxylic acids is 2. The fourth-order valence-corrected chi connectivity index (χ4v) is 3.04. The maximum absolute atomic E-state index is 12.6. The summed E-state index contributed by atoms with van der Waals surface area (Å²) in [5.74, 6) is -0.000855. The lowest BCUT2D eigenvalue weighted by Gasteiger charge is -2.22. The second-order valence-corrected chi connectivity index (χ2v) is 6.23. The molecule has 0 bridgehead atoms. The van der Waals surface area contributed by atoms with Crippen molar-refractivity contribution >= 4 is 23.2 Å².